The molecule has 0 bridgehead atoms. The maximum atomic E-state index is 8.36. The van der Waals surface area contributed by atoms with E-state index < -0.39 is 0 Å². The molecule has 1 aromatic rings. The van der Waals surface area contributed by atoms with E-state index in [2.05, 4.69) is 9.68 Å². The van der Waals surface area contributed by atoms with Crippen LogP contribution in [-0.4, -0.2) is 10.3 Å². The standard InChI is InChI=1S/C4H4ClNO2/c5-4-1-3(2-7)8-6-4/h1,7H,2H2. The quantitative estimate of drug-likeness (QED) is 0.617. The highest BCUT2D eigenvalue weighted by Gasteiger charge is 1.96. The van der Waals surface area contributed by atoms with E-state index in [1.165, 1.54) is 6.07 Å². The van der Waals surface area contributed by atoms with Crippen molar-refractivity contribution in [1.29, 1.82) is 0 Å². The number of halogens is 1. The van der Waals surface area contributed by atoms with Crippen molar-refractivity contribution in [3.8, 4) is 0 Å². The zero-order valence-corrected chi connectivity index (χ0v) is 4.72. The summed E-state index contributed by atoms with van der Waals surface area (Å²) in [7, 11) is 0. The van der Waals surface area contributed by atoms with Gasteiger partial charge in [-0.15, -0.1) is 0 Å². The first-order chi connectivity index (χ1) is 3.83. The number of aliphatic hydroxyl groups is 1. The average molecular weight is 134 g/mol. The molecule has 3 nitrogen and oxygen atoms in total. The molecular weight excluding hydrogens is 130 g/mol. The third kappa shape index (κ3) is 0.993. The van der Waals surface area contributed by atoms with Gasteiger partial charge in [-0.2, -0.15) is 0 Å². The normalized spacial score (nSPS) is 9.75. The van der Waals surface area contributed by atoms with E-state index in [-0.39, 0.29) is 11.8 Å². The molecule has 1 heterocycles. The lowest BCUT2D eigenvalue weighted by molar-refractivity contribution is 0.229. The Hall–Kier alpha value is -0.540. The molecule has 4 heteroatoms. The van der Waals surface area contributed by atoms with Gasteiger partial charge in [0.2, 0.25) is 0 Å². The van der Waals surface area contributed by atoms with Crippen molar-refractivity contribution in [3.63, 3.8) is 0 Å². The van der Waals surface area contributed by atoms with Crippen LogP contribution in [0.1, 0.15) is 5.76 Å². The number of aromatic nitrogens is 1. The lowest BCUT2D eigenvalue weighted by Gasteiger charge is -1.76. The van der Waals surface area contributed by atoms with E-state index >= 15 is 0 Å². The first-order valence-electron chi connectivity index (χ1n) is 2.05. The van der Waals surface area contributed by atoms with Gasteiger partial charge in [0.05, 0.1) is 0 Å². The molecule has 0 atom stereocenters. The Kier molecular flexibility index (Phi) is 1.50. The van der Waals surface area contributed by atoms with E-state index in [1.807, 2.05) is 0 Å². The van der Waals surface area contributed by atoms with Gasteiger partial charge in [0.1, 0.15) is 6.61 Å². The third-order valence-corrected chi connectivity index (χ3v) is 0.864. The van der Waals surface area contributed by atoms with Gasteiger partial charge in [-0.25, -0.2) is 0 Å². The van der Waals surface area contributed by atoms with Crippen molar-refractivity contribution in [3.05, 3.63) is 17.0 Å². The molecule has 8 heavy (non-hydrogen) atoms. The number of hydrogen-bond donors (Lipinski definition) is 1. The predicted octanol–water partition coefficient (Wildman–Crippen LogP) is 0.820. The van der Waals surface area contributed by atoms with Crippen LogP contribution in [0.5, 0.6) is 0 Å². The average Bonchev–Trinajstić information content (AvgIpc) is 2.14. The molecule has 0 spiro atoms. The van der Waals surface area contributed by atoms with Crippen molar-refractivity contribution in [2.75, 3.05) is 0 Å². The SMILES string of the molecule is OCc1cc(Cl)no1. The van der Waals surface area contributed by atoms with E-state index in [9.17, 15) is 0 Å². The maximum Gasteiger partial charge on any atom is 0.172 e. The molecule has 0 amide bonds. The lowest BCUT2D eigenvalue weighted by Crippen LogP contribution is -1.72. The van der Waals surface area contributed by atoms with Crippen molar-refractivity contribution in [2.45, 2.75) is 6.61 Å². The zero-order chi connectivity index (χ0) is 5.98. The van der Waals surface area contributed by atoms with Gasteiger partial charge in [0.15, 0.2) is 10.9 Å². The summed E-state index contributed by atoms with van der Waals surface area (Å²) in [6.45, 7) is -0.153. The molecule has 1 aromatic heterocycles. The van der Waals surface area contributed by atoms with Gasteiger partial charge in [-0.3, -0.25) is 0 Å². The molecular formula is C4H4ClNO2. The molecule has 1 N–H and O–H groups in total. The number of nitrogens with zero attached hydrogens (tertiary/aromatic N) is 1. The zero-order valence-electron chi connectivity index (χ0n) is 3.97. The molecule has 0 radical (unpaired) electrons. The highest BCUT2D eigenvalue weighted by Crippen LogP contribution is 2.07. The molecule has 0 aromatic carbocycles. The molecule has 0 unspecified atom stereocenters. The Morgan fingerprint density at radius 2 is 2.62 bits per heavy atom. The second-order valence-corrected chi connectivity index (χ2v) is 1.66. The van der Waals surface area contributed by atoms with Crippen LogP contribution in [0.25, 0.3) is 0 Å². The van der Waals surface area contributed by atoms with Gasteiger partial charge in [-0.1, -0.05) is 16.8 Å². The minimum atomic E-state index is -0.153. The van der Waals surface area contributed by atoms with Crippen LogP contribution in [0.15, 0.2) is 10.6 Å². The minimum Gasteiger partial charge on any atom is -0.388 e. The number of rotatable bonds is 1. The molecule has 0 fully saturated rings. The summed E-state index contributed by atoms with van der Waals surface area (Å²) >= 11 is 5.32. The van der Waals surface area contributed by atoms with Crippen molar-refractivity contribution < 1.29 is 9.63 Å². The summed E-state index contributed by atoms with van der Waals surface area (Å²) in [5, 5.41) is 11.9. The van der Waals surface area contributed by atoms with Crippen LogP contribution in [0, 0.1) is 0 Å². The number of hydrogen-bond acceptors (Lipinski definition) is 3. The predicted molar refractivity (Wildman–Crippen MR) is 27.4 cm³/mol. The Balaban J connectivity index is 2.84. The van der Waals surface area contributed by atoms with Crippen LogP contribution in [0.4, 0.5) is 0 Å². The third-order valence-electron chi connectivity index (χ3n) is 0.686. The van der Waals surface area contributed by atoms with E-state index in [0.29, 0.717) is 5.76 Å². The Bertz CT molecular complexity index is 174. The lowest BCUT2D eigenvalue weighted by atomic mass is 10.5. The fourth-order valence-corrected chi connectivity index (χ4v) is 0.518. The molecule has 1 rings (SSSR count). The molecule has 0 aliphatic rings. The summed E-state index contributed by atoms with van der Waals surface area (Å²) < 4.78 is 4.48. The van der Waals surface area contributed by atoms with Crippen molar-refractivity contribution in [1.82, 2.24) is 5.16 Å². The van der Waals surface area contributed by atoms with Gasteiger partial charge in [0, 0.05) is 6.07 Å². The summed E-state index contributed by atoms with van der Waals surface area (Å²) in [6.07, 6.45) is 0. The van der Waals surface area contributed by atoms with Crippen LogP contribution < -0.4 is 0 Å². The topological polar surface area (TPSA) is 46.3 Å². The van der Waals surface area contributed by atoms with E-state index in [0.717, 1.165) is 0 Å². The fraction of sp³-hybridized carbons (Fsp3) is 0.250. The fourth-order valence-electron chi connectivity index (χ4n) is 0.362. The summed E-state index contributed by atoms with van der Waals surface area (Å²) in [5.74, 6) is 0.384. The van der Waals surface area contributed by atoms with E-state index in [4.69, 9.17) is 16.7 Å². The van der Waals surface area contributed by atoms with Crippen molar-refractivity contribution >= 4 is 11.6 Å². The van der Waals surface area contributed by atoms with E-state index in [1.54, 1.807) is 0 Å². The Morgan fingerprint density at radius 1 is 1.88 bits per heavy atom. The van der Waals surface area contributed by atoms with Crippen LogP contribution in [0.3, 0.4) is 0 Å². The first-order valence-corrected chi connectivity index (χ1v) is 2.42. The van der Waals surface area contributed by atoms with Gasteiger partial charge >= 0.3 is 0 Å². The van der Waals surface area contributed by atoms with Gasteiger partial charge < -0.3 is 9.63 Å². The smallest absolute Gasteiger partial charge is 0.172 e. The van der Waals surface area contributed by atoms with Gasteiger partial charge in [-0.05, 0) is 0 Å². The molecule has 0 aliphatic carbocycles. The second kappa shape index (κ2) is 2.15. The van der Waals surface area contributed by atoms with Gasteiger partial charge in [0.25, 0.3) is 0 Å². The molecule has 0 saturated heterocycles. The monoisotopic (exact) mass is 133 g/mol. The van der Waals surface area contributed by atoms with Crippen LogP contribution in [0.2, 0.25) is 5.15 Å². The molecule has 44 valence electrons. The second-order valence-electron chi connectivity index (χ2n) is 1.27. The Labute approximate surface area is 50.9 Å². The summed E-state index contributed by atoms with van der Waals surface area (Å²) in [5.41, 5.74) is 0. The number of aliphatic hydroxyl groups excluding tert-OH is 1. The van der Waals surface area contributed by atoms with Crippen LogP contribution in [-0.2, 0) is 6.61 Å². The largest absolute Gasteiger partial charge is 0.388 e. The van der Waals surface area contributed by atoms with Crippen LogP contribution >= 0.6 is 11.6 Å². The molecule has 0 saturated carbocycles. The van der Waals surface area contributed by atoms with Crippen molar-refractivity contribution in [2.24, 2.45) is 0 Å². The Morgan fingerprint density at radius 3 is 2.88 bits per heavy atom. The minimum absolute atomic E-state index is 0.153. The summed E-state index contributed by atoms with van der Waals surface area (Å²) in [4.78, 5) is 0. The first kappa shape index (κ1) is 5.59. The molecule has 0 aliphatic heterocycles. The maximum absolute atomic E-state index is 8.36. The highest BCUT2D eigenvalue weighted by molar-refractivity contribution is 6.29. The highest BCUT2D eigenvalue weighted by atomic mass is 35.5. The summed E-state index contributed by atoms with van der Waals surface area (Å²) in [6, 6.07) is 1.46.